The molecule has 17 rings (SSSR count). The molecular weight excluding hydrogens is 1260 g/mol. The van der Waals surface area contributed by atoms with Crippen LogP contribution in [0.4, 0.5) is 56.9 Å². The zero-order valence-electron chi connectivity index (χ0n) is 58.2. The third-order valence-electron chi connectivity index (χ3n) is 19.8. The van der Waals surface area contributed by atoms with Gasteiger partial charge in [-0.2, -0.15) is 0 Å². The molecule has 496 valence electrons. The number of benzene rings is 17. The van der Waals surface area contributed by atoms with Gasteiger partial charge in [0.15, 0.2) is 0 Å². The van der Waals surface area contributed by atoms with Gasteiger partial charge >= 0.3 is 0 Å². The van der Waals surface area contributed by atoms with Crippen LogP contribution in [0.15, 0.2) is 425 Å². The Labute approximate surface area is 610 Å². The predicted molar refractivity (Wildman–Crippen MR) is 444 cm³/mol. The van der Waals surface area contributed by atoms with Crippen LogP contribution in [0.1, 0.15) is 0 Å². The molecule has 17 aromatic rings. The normalized spacial score (nSPS) is 11.0. The second-order valence-electron chi connectivity index (χ2n) is 26.2. The molecule has 0 fully saturated rings. The molecule has 0 aliphatic heterocycles. The van der Waals surface area contributed by atoms with Gasteiger partial charge in [-0.1, -0.05) is 309 Å². The monoisotopic (exact) mass is 1330 g/mol. The lowest BCUT2D eigenvalue weighted by Gasteiger charge is -2.26. The van der Waals surface area contributed by atoms with Gasteiger partial charge in [0.1, 0.15) is 0 Å². The van der Waals surface area contributed by atoms with Crippen LogP contribution >= 0.6 is 0 Å². The van der Waals surface area contributed by atoms with Crippen molar-refractivity contribution in [3.05, 3.63) is 425 Å². The number of anilines is 10. The molecular formula is C100H76N4. The van der Waals surface area contributed by atoms with E-state index in [1.165, 1.54) is 105 Å². The van der Waals surface area contributed by atoms with Gasteiger partial charge in [-0.15, -0.1) is 0 Å². The van der Waals surface area contributed by atoms with Crippen molar-refractivity contribution in [2.75, 3.05) is 33.7 Å². The molecule has 0 bridgehead atoms. The fourth-order valence-corrected chi connectivity index (χ4v) is 14.1. The fourth-order valence-electron chi connectivity index (χ4n) is 14.1. The van der Waals surface area contributed by atoms with Gasteiger partial charge in [0.2, 0.25) is 0 Å². The lowest BCUT2D eigenvalue weighted by molar-refractivity contribution is 1.21. The number of rotatable bonds is 17. The van der Waals surface area contributed by atoms with Crippen LogP contribution in [0.2, 0.25) is 0 Å². The summed E-state index contributed by atoms with van der Waals surface area (Å²) in [6, 6.07) is 152. The third-order valence-corrected chi connectivity index (χ3v) is 19.8. The summed E-state index contributed by atoms with van der Waals surface area (Å²) in [5, 5.41) is 5.00. The Hall–Kier alpha value is -13.5. The molecule has 104 heavy (non-hydrogen) atoms. The van der Waals surface area contributed by atoms with E-state index in [2.05, 4.69) is 458 Å². The lowest BCUT2D eigenvalue weighted by Crippen LogP contribution is -2.10. The van der Waals surface area contributed by atoms with Crippen molar-refractivity contribution >= 4 is 78.4 Å². The zero-order chi connectivity index (χ0) is 70.0. The van der Waals surface area contributed by atoms with Crippen LogP contribution in [0, 0.1) is 0 Å². The molecule has 0 aromatic heterocycles. The Morgan fingerprint density at radius 1 is 0.144 bits per heavy atom. The van der Waals surface area contributed by atoms with Gasteiger partial charge in [0, 0.05) is 76.1 Å². The second kappa shape index (κ2) is 30.1. The average Bonchev–Trinajstić information content (AvgIpc) is 0.762. The van der Waals surface area contributed by atoms with Crippen molar-refractivity contribution in [2.45, 2.75) is 0 Å². The van der Waals surface area contributed by atoms with Crippen molar-refractivity contribution in [1.29, 1.82) is 0 Å². The van der Waals surface area contributed by atoms with Gasteiger partial charge in [0.25, 0.3) is 0 Å². The van der Waals surface area contributed by atoms with Gasteiger partial charge in [-0.3, -0.25) is 0 Å². The number of hydrogen-bond acceptors (Lipinski definition) is 4. The Morgan fingerprint density at radius 2 is 0.356 bits per heavy atom. The van der Waals surface area contributed by atoms with Crippen LogP contribution in [-0.2, 0) is 0 Å². The number of fused-ring (bicyclic) bond motifs is 2. The highest BCUT2D eigenvalue weighted by molar-refractivity contribution is 6.12. The molecule has 0 amide bonds. The topological polar surface area (TPSA) is 13.0 Å². The molecule has 0 unspecified atom stereocenters. The minimum atomic E-state index is 1.10. The summed E-state index contributed by atoms with van der Waals surface area (Å²) >= 11 is 0. The van der Waals surface area contributed by atoms with Gasteiger partial charge in [-0.05, 0) is 204 Å². The number of hydrogen-bond donors (Lipinski definition) is 0. The van der Waals surface area contributed by atoms with Gasteiger partial charge < -0.3 is 19.6 Å². The van der Waals surface area contributed by atoms with Crippen LogP contribution in [0.5, 0.6) is 0 Å². The van der Waals surface area contributed by atoms with E-state index in [1.807, 2.05) is 0 Å². The lowest BCUT2D eigenvalue weighted by atomic mass is 9.99. The highest BCUT2D eigenvalue weighted by Gasteiger charge is 2.19. The average molecular weight is 1330 g/mol. The predicted octanol–water partition coefficient (Wildman–Crippen LogP) is 27.8. The highest BCUT2D eigenvalue weighted by Crippen LogP contribution is 2.43. The van der Waals surface area contributed by atoms with Crippen molar-refractivity contribution in [2.24, 2.45) is 0 Å². The molecule has 4 heteroatoms. The van der Waals surface area contributed by atoms with E-state index in [0.29, 0.717) is 0 Å². The maximum Gasteiger partial charge on any atom is 0.0567 e. The van der Waals surface area contributed by atoms with Gasteiger partial charge in [-0.25, -0.2) is 0 Å². The molecule has 0 aliphatic rings. The largest absolute Gasteiger partial charge is 0.345 e. The first-order chi connectivity index (χ1) is 51.4. The van der Waals surface area contributed by atoms with E-state index < -0.39 is 0 Å². The second-order valence-corrected chi connectivity index (χ2v) is 26.2. The molecule has 0 N–H and O–H groups in total. The molecule has 0 atom stereocenters. The minimum absolute atomic E-state index is 1.10. The van der Waals surface area contributed by atoms with Crippen LogP contribution in [-0.4, -0.2) is 14.1 Å². The maximum atomic E-state index is 2.33. The Bertz CT molecular complexity index is 5440. The highest BCUT2D eigenvalue weighted by atomic mass is 15.1. The van der Waals surface area contributed by atoms with E-state index >= 15 is 0 Å². The van der Waals surface area contributed by atoms with Crippen molar-refractivity contribution in [1.82, 2.24) is 0 Å². The summed E-state index contributed by atoms with van der Waals surface area (Å²) in [5.74, 6) is 0. The van der Waals surface area contributed by atoms with E-state index in [9.17, 15) is 0 Å². The first kappa shape index (κ1) is 65.1. The molecule has 4 nitrogen and oxygen atoms in total. The van der Waals surface area contributed by atoms with E-state index in [4.69, 9.17) is 0 Å². The fraction of sp³-hybridized carbons (Fsp3) is 0.0200. The standard InChI is InChI=1S/C51H38N2.C49H38N2/c1-52(51-49-18-10-8-16-43(49)36-44-17-9-11-19-50(44)51)45-28-20-41(21-29-45)42-26-34-48(35-27-42)53(46-30-22-39(23-31-46)37-12-4-2-5-13-37)47-32-24-40(25-33-47)38-14-6-3-7-15-38;1-50(49-19-11-18-44(36-49)39-16-9-4-10-17-39)45-28-20-42(21-29-45)43-26-34-48(35-27-43)51(46-30-22-40(23-31-46)37-12-5-2-6-13-37)47-32-24-41(25-33-47)38-14-7-3-8-15-38/h2-36H,1H3;2-36H,1H3. The summed E-state index contributed by atoms with van der Waals surface area (Å²) in [6.07, 6.45) is 0. The Kier molecular flexibility index (Phi) is 18.9. The number of nitrogens with zero attached hydrogens (tertiary/aromatic N) is 4. The molecule has 0 spiro atoms. The van der Waals surface area contributed by atoms with Crippen LogP contribution < -0.4 is 19.6 Å². The molecule has 0 saturated carbocycles. The SMILES string of the molecule is CN(c1ccc(-c2ccc(N(c3ccc(-c4ccccc4)cc3)c3ccc(-c4ccccc4)cc3)cc2)cc1)c1c2ccccc2cc2ccccc12.CN(c1ccc(-c2ccc(N(c3ccc(-c4ccccc4)cc3)c3ccc(-c4ccccc4)cc3)cc2)cc1)c1cccc(-c2ccccc2)c1. The van der Waals surface area contributed by atoms with Crippen molar-refractivity contribution in [3.63, 3.8) is 0 Å². The van der Waals surface area contributed by atoms with Crippen LogP contribution in [0.25, 0.3) is 99.4 Å². The summed E-state index contributed by atoms with van der Waals surface area (Å²) in [5.41, 5.74) is 28.1. The summed E-state index contributed by atoms with van der Waals surface area (Å²) in [7, 11) is 4.30. The summed E-state index contributed by atoms with van der Waals surface area (Å²) in [6.45, 7) is 0. The zero-order valence-corrected chi connectivity index (χ0v) is 58.2. The molecule has 0 radical (unpaired) electrons. The first-order valence-corrected chi connectivity index (χ1v) is 35.6. The summed E-state index contributed by atoms with van der Waals surface area (Å²) < 4.78 is 0. The molecule has 0 saturated heterocycles. The smallest absolute Gasteiger partial charge is 0.0567 e. The molecule has 17 aromatic carbocycles. The van der Waals surface area contributed by atoms with Gasteiger partial charge in [0.05, 0.1) is 5.69 Å². The van der Waals surface area contributed by atoms with Crippen molar-refractivity contribution in [3.8, 4) is 77.9 Å². The van der Waals surface area contributed by atoms with Crippen LogP contribution in [0.3, 0.4) is 0 Å². The quantitative estimate of drug-likeness (QED) is 0.0843. The summed E-state index contributed by atoms with van der Waals surface area (Å²) in [4.78, 5) is 9.22. The van der Waals surface area contributed by atoms with E-state index in [-0.39, 0.29) is 0 Å². The maximum absolute atomic E-state index is 2.33. The molecule has 0 aliphatic carbocycles. The van der Waals surface area contributed by atoms with E-state index in [0.717, 1.165) is 51.2 Å². The Morgan fingerprint density at radius 3 is 0.635 bits per heavy atom. The third kappa shape index (κ3) is 14.2. The molecule has 0 heterocycles. The Balaban J connectivity index is 0.000000160. The van der Waals surface area contributed by atoms with Crippen molar-refractivity contribution < 1.29 is 0 Å². The minimum Gasteiger partial charge on any atom is -0.345 e. The van der Waals surface area contributed by atoms with E-state index in [1.54, 1.807) is 0 Å². The first-order valence-electron chi connectivity index (χ1n) is 35.6.